The third kappa shape index (κ3) is 3.86. The Hall–Kier alpha value is -1.18. The maximum Gasteiger partial charge on any atom is 0.117 e. The third-order valence-electron chi connectivity index (χ3n) is 1.23. The number of hydrogen-bond acceptors (Lipinski definition) is 2. The SMILES string of the molecule is CC.CCNc1cccc(O)c1. The lowest BCUT2D eigenvalue weighted by Gasteiger charge is -2.01. The highest BCUT2D eigenvalue weighted by Crippen LogP contribution is 2.14. The van der Waals surface area contributed by atoms with Gasteiger partial charge in [0, 0.05) is 18.3 Å². The Balaban J connectivity index is 0.000000561. The van der Waals surface area contributed by atoms with Crippen LogP contribution >= 0.6 is 0 Å². The van der Waals surface area contributed by atoms with E-state index in [2.05, 4.69) is 5.32 Å². The number of rotatable bonds is 2. The standard InChI is InChI=1S/C8H11NO.C2H6/c1-2-9-7-4-3-5-8(10)6-7;1-2/h3-6,9-10H,2H2,1H3;1-2H3. The summed E-state index contributed by atoms with van der Waals surface area (Å²) in [4.78, 5) is 0. The van der Waals surface area contributed by atoms with Crippen LogP contribution in [0.3, 0.4) is 0 Å². The van der Waals surface area contributed by atoms with Crippen LogP contribution in [0.15, 0.2) is 24.3 Å². The van der Waals surface area contributed by atoms with Gasteiger partial charge in [0.15, 0.2) is 0 Å². The first-order valence-corrected chi connectivity index (χ1v) is 4.36. The molecule has 0 spiro atoms. The van der Waals surface area contributed by atoms with Gasteiger partial charge in [-0.2, -0.15) is 0 Å². The molecule has 0 heterocycles. The lowest BCUT2D eigenvalue weighted by atomic mass is 10.3. The molecule has 0 aromatic heterocycles. The van der Waals surface area contributed by atoms with Crippen LogP contribution in [0.2, 0.25) is 0 Å². The van der Waals surface area contributed by atoms with E-state index in [-0.39, 0.29) is 0 Å². The minimum atomic E-state index is 0.304. The lowest BCUT2D eigenvalue weighted by Crippen LogP contribution is -1.94. The number of aromatic hydroxyl groups is 1. The van der Waals surface area contributed by atoms with Crippen LogP contribution in [0.1, 0.15) is 20.8 Å². The first-order valence-electron chi connectivity index (χ1n) is 4.36. The molecule has 2 nitrogen and oxygen atoms in total. The molecule has 0 amide bonds. The Morgan fingerprint density at radius 1 is 1.33 bits per heavy atom. The highest BCUT2D eigenvalue weighted by molar-refractivity contribution is 5.47. The number of anilines is 1. The Morgan fingerprint density at radius 3 is 2.50 bits per heavy atom. The molecule has 2 heteroatoms. The molecule has 0 saturated carbocycles. The van der Waals surface area contributed by atoms with Crippen molar-refractivity contribution < 1.29 is 5.11 Å². The highest BCUT2D eigenvalue weighted by atomic mass is 16.3. The zero-order valence-corrected chi connectivity index (χ0v) is 7.96. The van der Waals surface area contributed by atoms with Crippen LogP contribution in [0.5, 0.6) is 5.75 Å². The Morgan fingerprint density at radius 2 is 2.00 bits per heavy atom. The van der Waals surface area contributed by atoms with Gasteiger partial charge in [0.05, 0.1) is 0 Å². The van der Waals surface area contributed by atoms with E-state index >= 15 is 0 Å². The molecule has 0 bridgehead atoms. The number of phenols is 1. The minimum Gasteiger partial charge on any atom is -0.508 e. The molecule has 1 rings (SSSR count). The first-order chi connectivity index (χ1) is 5.83. The van der Waals surface area contributed by atoms with Gasteiger partial charge in [0.1, 0.15) is 5.75 Å². The van der Waals surface area contributed by atoms with Crippen LogP contribution in [-0.2, 0) is 0 Å². The van der Waals surface area contributed by atoms with E-state index in [9.17, 15) is 0 Å². The van der Waals surface area contributed by atoms with E-state index in [1.165, 1.54) is 0 Å². The first kappa shape index (κ1) is 10.8. The fourth-order valence-electron chi connectivity index (χ4n) is 0.820. The average Bonchev–Trinajstić information content (AvgIpc) is 2.09. The topological polar surface area (TPSA) is 32.3 Å². The van der Waals surface area contributed by atoms with Crippen molar-refractivity contribution >= 4 is 5.69 Å². The molecule has 0 aliphatic rings. The van der Waals surface area contributed by atoms with Crippen molar-refractivity contribution in [2.75, 3.05) is 11.9 Å². The van der Waals surface area contributed by atoms with Crippen LogP contribution in [-0.4, -0.2) is 11.7 Å². The summed E-state index contributed by atoms with van der Waals surface area (Å²) < 4.78 is 0. The summed E-state index contributed by atoms with van der Waals surface area (Å²) in [5, 5.41) is 12.1. The molecule has 0 radical (unpaired) electrons. The van der Waals surface area contributed by atoms with Gasteiger partial charge >= 0.3 is 0 Å². The van der Waals surface area contributed by atoms with Gasteiger partial charge in [-0.1, -0.05) is 19.9 Å². The molecule has 0 aliphatic carbocycles. The average molecular weight is 167 g/mol. The van der Waals surface area contributed by atoms with Crippen molar-refractivity contribution in [3.05, 3.63) is 24.3 Å². The number of benzene rings is 1. The van der Waals surface area contributed by atoms with Gasteiger partial charge < -0.3 is 10.4 Å². The molecule has 0 atom stereocenters. The molecule has 12 heavy (non-hydrogen) atoms. The van der Waals surface area contributed by atoms with Crippen molar-refractivity contribution in [2.24, 2.45) is 0 Å². The van der Waals surface area contributed by atoms with Crippen LogP contribution < -0.4 is 5.32 Å². The summed E-state index contributed by atoms with van der Waals surface area (Å²) in [6, 6.07) is 7.08. The second-order valence-corrected chi connectivity index (χ2v) is 2.08. The molecule has 0 fully saturated rings. The quantitative estimate of drug-likeness (QED) is 0.709. The molecular formula is C10H17NO. The van der Waals surface area contributed by atoms with Crippen LogP contribution in [0, 0.1) is 0 Å². The van der Waals surface area contributed by atoms with E-state index in [1.54, 1.807) is 12.1 Å². The van der Waals surface area contributed by atoms with Gasteiger partial charge in [-0.15, -0.1) is 0 Å². The number of hydrogen-bond donors (Lipinski definition) is 2. The second kappa shape index (κ2) is 6.53. The van der Waals surface area contributed by atoms with E-state index in [4.69, 9.17) is 5.11 Å². The molecule has 1 aromatic rings. The predicted molar refractivity (Wildman–Crippen MR) is 53.6 cm³/mol. The van der Waals surface area contributed by atoms with Crippen molar-refractivity contribution in [3.8, 4) is 5.75 Å². The normalized spacial score (nSPS) is 8.25. The van der Waals surface area contributed by atoms with Gasteiger partial charge in [0.2, 0.25) is 0 Å². The van der Waals surface area contributed by atoms with Crippen molar-refractivity contribution in [1.29, 1.82) is 0 Å². The number of nitrogens with one attached hydrogen (secondary N) is 1. The molecule has 0 saturated heterocycles. The summed E-state index contributed by atoms with van der Waals surface area (Å²) in [5.74, 6) is 0.304. The van der Waals surface area contributed by atoms with E-state index in [0.29, 0.717) is 5.75 Å². The zero-order valence-electron chi connectivity index (χ0n) is 7.96. The summed E-state index contributed by atoms with van der Waals surface area (Å²) >= 11 is 0. The lowest BCUT2D eigenvalue weighted by molar-refractivity contribution is 0.475. The summed E-state index contributed by atoms with van der Waals surface area (Å²) in [7, 11) is 0. The number of phenolic OH excluding ortho intramolecular Hbond substituents is 1. The predicted octanol–water partition coefficient (Wildman–Crippen LogP) is 2.85. The van der Waals surface area contributed by atoms with Crippen LogP contribution in [0.25, 0.3) is 0 Å². The summed E-state index contributed by atoms with van der Waals surface area (Å²) in [6.07, 6.45) is 0. The summed E-state index contributed by atoms with van der Waals surface area (Å²) in [5.41, 5.74) is 0.961. The van der Waals surface area contributed by atoms with Crippen molar-refractivity contribution in [2.45, 2.75) is 20.8 Å². The van der Waals surface area contributed by atoms with Crippen LogP contribution in [0.4, 0.5) is 5.69 Å². The van der Waals surface area contributed by atoms with Crippen molar-refractivity contribution in [3.63, 3.8) is 0 Å². The maximum atomic E-state index is 9.00. The minimum absolute atomic E-state index is 0.304. The summed E-state index contributed by atoms with van der Waals surface area (Å²) in [6.45, 7) is 6.90. The van der Waals surface area contributed by atoms with Gasteiger partial charge in [-0.25, -0.2) is 0 Å². The molecular weight excluding hydrogens is 150 g/mol. The molecule has 2 N–H and O–H groups in total. The van der Waals surface area contributed by atoms with Gasteiger partial charge in [0.25, 0.3) is 0 Å². The Kier molecular flexibility index (Phi) is 5.88. The van der Waals surface area contributed by atoms with E-state index in [1.807, 2.05) is 32.9 Å². The Labute approximate surface area is 74.2 Å². The smallest absolute Gasteiger partial charge is 0.117 e. The highest BCUT2D eigenvalue weighted by Gasteiger charge is 1.88. The zero-order chi connectivity index (χ0) is 9.40. The molecule has 1 aromatic carbocycles. The largest absolute Gasteiger partial charge is 0.508 e. The van der Waals surface area contributed by atoms with E-state index < -0.39 is 0 Å². The van der Waals surface area contributed by atoms with Crippen molar-refractivity contribution in [1.82, 2.24) is 0 Å². The third-order valence-corrected chi connectivity index (χ3v) is 1.23. The second-order valence-electron chi connectivity index (χ2n) is 2.08. The van der Waals surface area contributed by atoms with E-state index in [0.717, 1.165) is 12.2 Å². The van der Waals surface area contributed by atoms with Gasteiger partial charge in [-0.3, -0.25) is 0 Å². The molecule has 68 valence electrons. The fourth-order valence-corrected chi connectivity index (χ4v) is 0.820. The molecule has 0 unspecified atom stereocenters. The maximum absolute atomic E-state index is 9.00. The fraction of sp³-hybridized carbons (Fsp3) is 0.400. The monoisotopic (exact) mass is 167 g/mol. The Bertz CT molecular complexity index is 211. The molecule has 0 aliphatic heterocycles. The van der Waals surface area contributed by atoms with Gasteiger partial charge in [-0.05, 0) is 19.1 Å².